The number of aromatic carboxylic acids is 1. The summed E-state index contributed by atoms with van der Waals surface area (Å²) in [6.07, 6.45) is 3.12. The zero-order valence-corrected chi connectivity index (χ0v) is 17.0. The van der Waals surface area contributed by atoms with Crippen LogP contribution in [0.1, 0.15) is 15.9 Å². The topological polar surface area (TPSA) is 89.3 Å². The first-order valence-electron chi connectivity index (χ1n) is 9.33. The van der Waals surface area contributed by atoms with Crippen LogP contribution in [0.2, 0.25) is 0 Å². The summed E-state index contributed by atoms with van der Waals surface area (Å²) < 4.78 is 1.33. The van der Waals surface area contributed by atoms with Crippen LogP contribution in [0.25, 0.3) is 22.7 Å². The Balaban J connectivity index is 1.77. The molecule has 6 nitrogen and oxygen atoms in total. The van der Waals surface area contributed by atoms with Crippen molar-refractivity contribution in [2.24, 2.45) is 0 Å². The standard InChI is InChI=1S/C24H16N2O4S/c27-21(15-10-16-6-2-1-3-7-16)31-24-25-20-9-5-4-8-19(20)22(28)26(24)18-13-11-17(12-14-18)23(29)30/h1-15H,(H,29,30)/b15-10+. The number of thioether (sulfide) groups is 1. The van der Waals surface area contributed by atoms with E-state index >= 15 is 0 Å². The van der Waals surface area contributed by atoms with E-state index < -0.39 is 5.97 Å². The summed E-state index contributed by atoms with van der Waals surface area (Å²) >= 11 is 0.834. The van der Waals surface area contributed by atoms with Crippen LogP contribution in [0.3, 0.4) is 0 Å². The molecule has 152 valence electrons. The summed E-state index contributed by atoms with van der Waals surface area (Å²) in [5.41, 5.74) is 1.55. The Bertz CT molecular complexity index is 1360. The van der Waals surface area contributed by atoms with Gasteiger partial charge >= 0.3 is 5.97 Å². The molecule has 0 saturated heterocycles. The third kappa shape index (κ3) is 4.46. The molecule has 4 aromatic rings. The van der Waals surface area contributed by atoms with E-state index in [1.165, 1.54) is 34.9 Å². The van der Waals surface area contributed by atoms with E-state index in [0.717, 1.165) is 17.3 Å². The molecular weight excluding hydrogens is 412 g/mol. The van der Waals surface area contributed by atoms with Crippen LogP contribution in [0.4, 0.5) is 0 Å². The van der Waals surface area contributed by atoms with Gasteiger partial charge in [0.05, 0.1) is 22.2 Å². The van der Waals surface area contributed by atoms with Gasteiger partial charge in [0, 0.05) is 0 Å². The Kier molecular flexibility index (Phi) is 5.77. The molecular formula is C24H16N2O4S. The fourth-order valence-electron chi connectivity index (χ4n) is 3.01. The van der Waals surface area contributed by atoms with Crippen molar-refractivity contribution in [3.8, 4) is 5.69 Å². The molecule has 0 bridgehead atoms. The van der Waals surface area contributed by atoms with Crippen LogP contribution in [-0.4, -0.2) is 25.7 Å². The summed E-state index contributed by atoms with van der Waals surface area (Å²) in [4.78, 5) is 41.5. The van der Waals surface area contributed by atoms with Crippen molar-refractivity contribution in [1.82, 2.24) is 9.55 Å². The van der Waals surface area contributed by atoms with E-state index in [4.69, 9.17) is 5.11 Å². The minimum atomic E-state index is -1.06. The largest absolute Gasteiger partial charge is 0.478 e. The Morgan fingerprint density at radius 1 is 0.903 bits per heavy atom. The van der Waals surface area contributed by atoms with Crippen LogP contribution >= 0.6 is 11.8 Å². The number of carbonyl (C=O) groups is 2. The second kappa shape index (κ2) is 8.81. The number of carboxylic acids is 1. The molecule has 1 heterocycles. The molecule has 0 saturated carbocycles. The monoisotopic (exact) mass is 428 g/mol. The maximum Gasteiger partial charge on any atom is 0.335 e. The molecule has 0 amide bonds. The highest BCUT2D eigenvalue weighted by atomic mass is 32.2. The lowest BCUT2D eigenvalue weighted by atomic mass is 10.2. The minimum Gasteiger partial charge on any atom is -0.478 e. The van der Waals surface area contributed by atoms with E-state index in [9.17, 15) is 14.4 Å². The summed E-state index contributed by atoms with van der Waals surface area (Å²) in [5.74, 6) is -1.06. The van der Waals surface area contributed by atoms with Crippen molar-refractivity contribution in [2.45, 2.75) is 5.16 Å². The van der Waals surface area contributed by atoms with Gasteiger partial charge in [-0.15, -0.1) is 0 Å². The molecule has 7 heteroatoms. The minimum absolute atomic E-state index is 0.0987. The number of hydrogen-bond donors (Lipinski definition) is 1. The van der Waals surface area contributed by atoms with Gasteiger partial charge in [0.15, 0.2) is 5.16 Å². The maximum atomic E-state index is 13.2. The fraction of sp³-hybridized carbons (Fsp3) is 0. The molecule has 0 aliphatic carbocycles. The van der Waals surface area contributed by atoms with E-state index in [2.05, 4.69) is 4.98 Å². The van der Waals surface area contributed by atoms with E-state index in [0.29, 0.717) is 16.6 Å². The molecule has 31 heavy (non-hydrogen) atoms. The molecule has 0 radical (unpaired) electrons. The number of aromatic nitrogens is 2. The molecule has 0 fully saturated rings. The van der Waals surface area contributed by atoms with Crippen LogP contribution in [0.5, 0.6) is 0 Å². The summed E-state index contributed by atoms with van der Waals surface area (Å²) in [7, 11) is 0. The quantitative estimate of drug-likeness (QED) is 0.288. The fourth-order valence-corrected chi connectivity index (χ4v) is 3.75. The van der Waals surface area contributed by atoms with Gasteiger partial charge in [-0.2, -0.15) is 0 Å². The van der Waals surface area contributed by atoms with Crippen molar-refractivity contribution in [1.29, 1.82) is 0 Å². The first kappa shape index (κ1) is 20.3. The Hall–Kier alpha value is -3.97. The summed E-state index contributed by atoms with van der Waals surface area (Å²) in [5, 5.41) is 9.45. The van der Waals surface area contributed by atoms with Crippen LogP contribution in [0.15, 0.2) is 94.9 Å². The number of nitrogens with zero attached hydrogens (tertiary/aromatic N) is 2. The molecule has 1 aromatic heterocycles. The first-order valence-corrected chi connectivity index (χ1v) is 10.1. The molecule has 0 atom stereocenters. The lowest BCUT2D eigenvalue weighted by Crippen LogP contribution is -2.22. The highest BCUT2D eigenvalue weighted by Crippen LogP contribution is 2.23. The van der Waals surface area contributed by atoms with Gasteiger partial charge in [-0.25, -0.2) is 9.78 Å². The van der Waals surface area contributed by atoms with Crippen molar-refractivity contribution in [3.63, 3.8) is 0 Å². The second-order valence-electron chi connectivity index (χ2n) is 6.57. The van der Waals surface area contributed by atoms with E-state index in [1.807, 2.05) is 30.3 Å². The number of para-hydroxylation sites is 1. The van der Waals surface area contributed by atoms with Gasteiger partial charge in [0.1, 0.15) is 0 Å². The predicted molar refractivity (Wildman–Crippen MR) is 121 cm³/mol. The van der Waals surface area contributed by atoms with Crippen molar-refractivity contribution in [2.75, 3.05) is 0 Å². The summed E-state index contributed by atoms with van der Waals surface area (Å²) in [6, 6.07) is 22.1. The average Bonchev–Trinajstić information content (AvgIpc) is 2.79. The van der Waals surface area contributed by atoms with Gasteiger partial charge in [0.2, 0.25) is 5.12 Å². The van der Waals surface area contributed by atoms with Gasteiger partial charge < -0.3 is 5.11 Å². The van der Waals surface area contributed by atoms with Crippen molar-refractivity contribution >= 4 is 39.8 Å². The van der Waals surface area contributed by atoms with Gasteiger partial charge in [-0.1, -0.05) is 48.5 Å². The van der Waals surface area contributed by atoms with Gasteiger partial charge in [0.25, 0.3) is 5.56 Å². The smallest absolute Gasteiger partial charge is 0.335 e. The van der Waals surface area contributed by atoms with Gasteiger partial charge in [-0.3, -0.25) is 14.2 Å². The lowest BCUT2D eigenvalue weighted by Gasteiger charge is -2.12. The van der Waals surface area contributed by atoms with Crippen LogP contribution in [0, 0.1) is 0 Å². The van der Waals surface area contributed by atoms with Crippen molar-refractivity contribution < 1.29 is 14.7 Å². The average molecular weight is 428 g/mol. The Morgan fingerprint density at radius 3 is 2.29 bits per heavy atom. The number of rotatable bonds is 5. The Labute approximate surface area is 181 Å². The lowest BCUT2D eigenvalue weighted by molar-refractivity contribution is -0.107. The molecule has 1 N–H and O–H groups in total. The van der Waals surface area contributed by atoms with E-state index in [-0.39, 0.29) is 21.4 Å². The first-order chi connectivity index (χ1) is 15.0. The molecule has 4 rings (SSSR count). The number of carbonyl (C=O) groups excluding carboxylic acids is 1. The summed E-state index contributed by atoms with van der Waals surface area (Å²) in [6.45, 7) is 0. The van der Waals surface area contributed by atoms with Crippen LogP contribution < -0.4 is 5.56 Å². The highest BCUT2D eigenvalue weighted by molar-refractivity contribution is 8.13. The zero-order chi connectivity index (χ0) is 21.8. The molecule has 0 aliphatic rings. The number of carboxylic acid groups (broad SMARTS) is 1. The van der Waals surface area contributed by atoms with Gasteiger partial charge in [-0.05, 0) is 59.8 Å². The highest BCUT2D eigenvalue weighted by Gasteiger charge is 2.16. The predicted octanol–water partition coefficient (Wildman–Crippen LogP) is 4.42. The second-order valence-corrected chi connectivity index (χ2v) is 7.54. The van der Waals surface area contributed by atoms with E-state index in [1.54, 1.807) is 30.3 Å². The number of benzene rings is 3. The molecule has 0 spiro atoms. The molecule has 3 aromatic carbocycles. The third-order valence-electron chi connectivity index (χ3n) is 4.52. The third-order valence-corrected chi connectivity index (χ3v) is 5.31. The number of fused-ring (bicyclic) bond motifs is 1. The number of hydrogen-bond acceptors (Lipinski definition) is 5. The normalized spacial score (nSPS) is 11.1. The molecule has 0 unspecified atom stereocenters. The van der Waals surface area contributed by atoms with Crippen molar-refractivity contribution in [3.05, 3.63) is 106 Å². The SMILES string of the molecule is O=C(/C=C/c1ccccc1)Sc1nc2ccccc2c(=O)n1-c1ccc(C(=O)O)cc1. The zero-order valence-electron chi connectivity index (χ0n) is 16.1. The molecule has 0 aliphatic heterocycles. The Morgan fingerprint density at radius 2 is 1.58 bits per heavy atom. The van der Waals surface area contributed by atoms with Crippen LogP contribution in [-0.2, 0) is 4.79 Å². The maximum absolute atomic E-state index is 13.2.